The number of nitrogens with zero attached hydrogens (tertiary/aromatic N) is 2. The summed E-state index contributed by atoms with van der Waals surface area (Å²) in [5.41, 5.74) is 1.70. The zero-order valence-electron chi connectivity index (χ0n) is 13.9. The Balaban J connectivity index is 1.65. The Hall–Kier alpha value is -3.48. The molecule has 2 aromatic heterocycles. The first kappa shape index (κ1) is 16.0. The second-order valence-corrected chi connectivity index (χ2v) is 5.75. The summed E-state index contributed by atoms with van der Waals surface area (Å²) in [6.07, 6.45) is 0.733. The normalized spacial score (nSPS) is 11.0. The maximum Gasteiger partial charge on any atom is 0.291 e. The number of furan rings is 1. The lowest BCUT2D eigenvalue weighted by Gasteiger charge is -2.07. The molecule has 0 aliphatic carbocycles. The van der Waals surface area contributed by atoms with Crippen LogP contribution in [0.4, 0.5) is 10.1 Å². The van der Waals surface area contributed by atoms with E-state index < -0.39 is 5.91 Å². The number of carbonyl (C=O) groups excluding carboxylic acids is 1. The number of benzene rings is 2. The van der Waals surface area contributed by atoms with Gasteiger partial charge in [0.2, 0.25) is 0 Å². The molecular weight excluding hydrogens is 335 g/mol. The monoisotopic (exact) mass is 350 g/mol. The minimum absolute atomic E-state index is 0.102. The lowest BCUT2D eigenvalue weighted by molar-refractivity contribution is 0.0999. The molecule has 0 saturated carbocycles. The topological polar surface area (TPSA) is 83.8 Å². The van der Waals surface area contributed by atoms with Crippen LogP contribution in [0.25, 0.3) is 22.4 Å². The van der Waals surface area contributed by atoms with Crippen LogP contribution >= 0.6 is 0 Å². The van der Waals surface area contributed by atoms with E-state index in [1.807, 2.05) is 19.1 Å². The summed E-state index contributed by atoms with van der Waals surface area (Å²) < 4.78 is 18.8. The zero-order chi connectivity index (χ0) is 18.1. The maximum absolute atomic E-state index is 13.3. The zero-order valence-corrected chi connectivity index (χ0v) is 13.9. The molecule has 4 aromatic rings. The average Bonchev–Trinajstić information content (AvgIpc) is 3.28. The predicted molar refractivity (Wildman–Crippen MR) is 95.3 cm³/mol. The highest BCUT2D eigenvalue weighted by Crippen LogP contribution is 2.26. The van der Waals surface area contributed by atoms with Gasteiger partial charge in [0.1, 0.15) is 17.2 Å². The Morgan fingerprint density at radius 1 is 1.23 bits per heavy atom. The first-order valence-corrected chi connectivity index (χ1v) is 8.15. The molecule has 2 N–H and O–H groups in total. The number of aromatic nitrogens is 3. The first-order chi connectivity index (χ1) is 12.6. The first-order valence-electron chi connectivity index (χ1n) is 8.15. The third-order valence-corrected chi connectivity index (χ3v) is 3.98. The lowest BCUT2D eigenvalue weighted by Crippen LogP contribution is -2.11. The quantitative estimate of drug-likeness (QED) is 0.578. The molecule has 1 amide bonds. The van der Waals surface area contributed by atoms with Crippen molar-refractivity contribution in [1.29, 1.82) is 0 Å². The van der Waals surface area contributed by atoms with Gasteiger partial charge >= 0.3 is 0 Å². The Bertz CT molecular complexity index is 1100. The molecular formula is C19H15FN4O2. The van der Waals surface area contributed by atoms with Crippen LogP contribution in [0, 0.1) is 5.82 Å². The number of hydrogen-bond acceptors (Lipinski definition) is 4. The summed E-state index contributed by atoms with van der Waals surface area (Å²) in [7, 11) is 0. The summed E-state index contributed by atoms with van der Waals surface area (Å²) >= 11 is 0. The minimum Gasteiger partial charge on any atom is -0.451 e. The van der Waals surface area contributed by atoms with Gasteiger partial charge in [-0.1, -0.05) is 19.1 Å². The Morgan fingerprint density at radius 3 is 2.88 bits per heavy atom. The van der Waals surface area contributed by atoms with Crippen LogP contribution in [0.3, 0.4) is 0 Å². The van der Waals surface area contributed by atoms with Crippen molar-refractivity contribution in [3.63, 3.8) is 0 Å². The minimum atomic E-state index is -0.430. The number of hydrogen-bond donors (Lipinski definition) is 2. The molecule has 0 aliphatic rings. The van der Waals surface area contributed by atoms with Gasteiger partial charge in [-0.25, -0.2) is 9.37 Å². The van der Waals surface area contributed by atoms with E-state index in [-0.39, 0.29) is 11.6 Å². The van der Waals surface area contributed by atoms with Crippen LogP contribution in [0.2, 0.25) is 0 Å². The fourth-order valence-corrected chi connectivity index (χ4v) is 2.67. The number of nitrogens with one attached hydrogen (secondary N) is 2. The van der Waals surface area contributed by atoms with Crippen molar-refractivity contribution in [3.05, 3.63) is 65.9 Å². The van der Waals surface area contributed by atoms with E-state index in [2.05, 4.69) is 20.5 Å². The van der Waals surface area contributed by atoms with Crippen LogP contribution in [-0.4, -0.2) is 21.1 Å². The number of para-hydroxylation sites is 1. The third-order valence-electron chi connectivity index (χ3n) is 3.98. The van der Waals surface area contributed by atoms with Gasteiger partial charge < -0.3 is 9.73 Å². The molecule has 0 spiro atoms. The van der Waals surface area contributed by atoms with Gasteiger partial charge in [0, 0.05) is 17.4 Å². The fraction of sp³-hybridized carbons (Fsp3) is 0.105. The molecule has 0 fully saturated rings. The average molecular weight is 350 g/mol. The highest BCUT2D eigenvalue weighted by atomic mass is 19.1. The van der Waals surface area contributed by atoms with Gasteiger partial charge in [0.15, 0.2) is 11.6 Å². The number of anilines is 1. The number of aryl methyl sites for hydroxylation is 1. The summed E-state index contributed by atoms with van der Waals surface area (Å²) in [5, 5.41) is 10.4. The van der Waals surface area contributed by atoms with Crippen LogP contribution in [-0.2, 0) is 6.42 Å². The number of aromatic amines is 1. The standard InChI is InChI=1S/C19H15FN4O2/c1-2-17-22-18(24-23-17)13-5-3-4-6-14(13)21-19(25)16-10-11-9-12(20)7-8-15(11)26-16/h3-10H,2H2,1H3,(H,21,25)(H,22,23,24). The molecule has 0 radical (unpaired) electrons. The molecule has 0 bridgehead atoms. The molecule has 7 heteroatoms. The molecule has 0 aliphatic heterocycles. The number of amides is 1. The van der Waals surface area contributed by atoms with Crippen molar-refractivity contribution in [1.82, 2.24) is 15.2 Å². The van der Waals surface area contributed by atoms with Crippen molar-refractivity contribution >= 4 is 22.6 Å². The molecule has 0 atom stereocenters. The van der Waals surface area contributed by atoms with Gasteiger partial charge in [-0.2, -0.15) is 5.10 Å². The van der Waals surface area contributed by atoms with Crippen molar-refractivity contribution in [2.45, 2.75) is 13.3 Å². The molecule has 6 nitrogen and oxygen atoms in total. The second kappa shape index (κ2) is 6.44. The van der Waals surface area contributed by atoms with E-state index >= 15 is 0 Å². The summed E-state index contributed by atoms with van der Waals surface area (Å²) in [6, 6.07) is 12.9. The van der Waals surface area contributed by atoms with Crippen molar-refractivity contribution < 1.29 is 13.6 Å². The largest absolute Gasteiger partial charge is 0.451 e. The van der Waals surface area contributed by atoms with Gasteiger partial charge in [-0.15, -0.1) is 0 Å². The summed E-state index contributed by atoms with van der Waals surface area (Å²) in [4.78, 5) is 17.0. The van der Waals surface area contributed by atoms with E-state index in [1.165, 1.54) is 24.3 Å². The van der Waals surface area contributed by atoms with E-state index in [1.54, 1.807) is 12.1 Å². The number of fused-ring (bicyclic) bond motifs is 1. The van der Waals surface area contributed by atoms with Crippen LogP contribution in [0.1, 0.15) is 23.3 Å². The van der Waals surface area contributed by atoms with Gasteiger partial charge in [0.25, 0.3) is 5.91 Å². The number of halogens is 1. The van der Waals surface area contributed by atoms with Gasteiger partial charge in [-0.05, 0) is 36.4 Å². The molecule has 2 aromatic carbocycles. The van der Waals surface area contributed by atoms with Crippen LogP contribution < -0.4 is 5.32 Å². The van der Waals surface area contributed by atoms with E-state index in [0.29, 0.717) is 28.0 Å². The SMILES string of the molecule is CCc1nc(-c2ccccc2NC(=O)c2cc3cc(F)ccc3o2)n[nH]1. The number of carbonyl (C=O) groups is 1. The molecule has 0 unspecified atom stereocenters. The fourth-order valence-electron chi connectivity index (χ4n) is 2.67. The molecule has 26 heavy (non-hydrogen) atoms. The Kier molecular flexibility index (Phi) is 3.96. The third kappa shape index (κ3) is 2.95. The van der Waals surface area contributed by atoms with E-state index in [4.69, 9.17) is 4.42 Å². The van der Waals surface area contributed by atoms with Gasteiger partial charge in [0.05, 0.1) is 5.69 Å². The second-order valence-electron chi connectivity index (χ2n) is 5.75. The molecule has 4 rings (SSSR count). The van der Waals surface area contributed by atoms with E-state index in [9.17, 15) is 9.18 Å². The summed E-state index contributed by atoms with van der Waals surface area (Å²) in [5.74, 6) is 0.557. The predicted octanol–water partition coefficient (Wildman–Crippen LogP) is 4.17. The number of rotatable bonds is 4. The molecule has 130 valence electrons. The maximum atomic E-state index is 13.3. The molecule has 0 saturated heterocycles. The van der Waals surface area contributed by atoms with Gasteiger partial charge in [-0.3, -0.25) is 9.89 Å². The van der Waals surface area contributed by atoms with Crippen LogP contribution in [0.15, 0.2) is 52.9 Å². The summed E-state index contributed by atoms with van der Waals surface area (Å²) in [6.45, 7) is 1.97. The van der Waals surface area contributed by atoms with E-state index in [0.717, 1.165) is 12.2 Å². The lowest BCUT2D eigenvalue weighted by atomic mass is 10.1. The number of H-pyrrole nitrogens is 1. The Morgan fingerprint density at radius 2 is 2.08 bits per heavy atom. The highest BCUT2D eigenvalue weighted by molar-refractivity contribution is 6.06. The Labute approximate surface area is 148 Å². The highest BCUT2D eigenvalue weighted by Gasteiger charge is 2.16. The van der Waals surface area contributed by atoms with Crippen LogP contribution in [0.5, 0.6) is 0 Å². The smallest absolute Gasteiger partial charge is 0.291 e. The van der Waals surface area contributed by atoms with Crippen molar-refractivity contribution in [2.24, 2.45) is 0 Å². The van der Waals surface area contributed by atoms with Crippen molar-refractivity contribution in [2.75, 3.05) is 5.32 Å². The molecule has 2 heterocycles. The van der Waals surface area contributed by atoms with Crippen molar-refractivity contribution in [3.8, 4) is 11.4 Å².